The number of rotatable bonds is 3. The SMILES string of the molecule is c1csc(N2CCOCC3(CCN(CC4CCOC4)CC3)C2)n1. The molecular formula is C17H27N3O2S. The quantitative estimate of drug-likeness (QED) is 0.844. The Morgan fingerprint density at radius 2 is 2.13 bits per heavy atom. The number of likely N-dealkylation sites (tertiary alicyclic amines) is 1. The fourth-order valence-corrected chi connectivity index (χ4v) is 4.80. The number of piperidine rings is 1. The molecule has 3 aliphatic rings. The Balaban J connectivity index is 1.36. The van der Waals surface area contributed by atoms with Crippen molar-refractivity contribution in [2.45, 2.75) is 19.3 Å². The van der Waals surface area contributed by atoms with Crippen LogP contribution in [-0.2, 0) is 9.47 Å². The highest BCUT2D eigenvalue weighted by Crippen LogP contribution is 2.36. The third kappa shape index (κ3) is 3.71. The van der Waals surface area contributed by atoms with Crippen LogP contribution in [0.15, 0.2) is 11.6 Å². The highest BCUT2D eigenvalue weighted by molar-refractivity contribution is 7.13. The Bertz CT molecular complexity index is 482. The molecule has 1 unspecified atom stereocenters. The summed E-state index contributed by atoms with van der Waals surface area (Å²) in [7, 11) is 0. The fraction of sp³-hybridized carbons (Fsp3) is 0.824. The summed E-state index contributed by atoms with van der Waals surface area (Å²) in [5.74, 6) is 0.751. The monoisotopic (exact) mass is 337 g/mol. The normalized spacial score (nSPS) is 29.0. The van der Waals surface area contributed by atoms with Gasteiger partial charge in [0.15, 0.2) is 5.13 Å². The van der Waals surface area contributed by atoms with Crippen molar-refractivity contribution < 1.29 is 9.47 Å². The first-order valence-electron chi connectivity index (χ1n) is 8.85. The Labute approximate surface area is 142 Å². The Kier molecular flexibility index (Phi) is 4.85. The number of anilines is 1. The van der Waals surface area contributed by atoms with Crippen molar-refractivity contribution in [2.24, 2.45) is 11.3 Å². The summed E-state index contributed by atoms with van der Waals surface area (Å²) in [6, 6.07) is 0. The largest absolute Gasteiger partial charge is 0.381 e. The predicted octanol–water partition coefficient (Wildman–Crippen LogP) is 2.10. The first-order chi connectivity index (χ1) is 11.3. The Morgan fingerprint density at radius 1 is 1.22 bits per heavy atom. The number of hydrogen-bond donors (Lipinski definition) is 0. The summed E-state index contributed by atoms with van der Waals surface area (Å²) >= 11 is 1.74. The van der Waals surface area contributed by atoms with Crippen molar-refractivity contribution in [3.05, 3.63) is 11.6 Å². The molecule has 4 rings (SSSR count). The van der Waals surface area contributed by atoms with Gasteiger partial charge in [-0.05, 0) is 38.3 Å². The predicted molar refractivity (Wildman–Crippen MR) is 92.2 cm³/mol. The zero-order valence-corrected chi connectivity index (χ0v) is 14.6. The summed E-state index contributed by atoms with van der Waals surface area (Å²) < 4.78 is 11.5. The molecule has 1 aromatic rings. The minimum atomic E-state index is 0.310. The third-order valence-corrected chi connectivity index (χ3v) is 6.42. The second kappa shape index (κ2) is 7.05. The molecule has 0 radical (unpaired) electrons. The van der Waals surface area contributed by atoms with Crippen LogP contribution < -0.4 is 4.90 Å². The van der Waals surface area contributed by atoms with Crippen molar-refractivity contribution in [1.29, 1.82) is 0 Å². The summed E-state index contributed by atoms with van der Waals surface area (Å²) in [6.45, 7) is 9.34. The molecule has 5 nitrogen and oxygen atoms in total. The Hall–Kier alpha value is -0.690. The van der Waals surface area contributed by atoms with E-state index in [-0.39, 0.29) is 0 Å². The molecular weight excluding hydrogens is 310 g/mol. The maximum Gasteiger partial charge on any atom is 0.185 e. The molecule has 1 aromatic heterocycles. The lowest BCUT2D eigenvalue weighted by atomic mass is 9.78. The van der Waals surface area contributed by atoms with Gasteiger partial charge in [-0.2, -0.15) is 0 Å². The molecule has 3 aliphatic heterocycles. The lowest BCUT2D eigenvalue weighted by molar-refractivity contribution is 0.0180. The van der Waals surface area contributed by atoms with Gasteiger partial charge >= 0.3 is 0 Å². The summed E-state index contributed by atoms with van der Waals surface area (Å²) in [5.41, 5.74) is 0.310. The number of aromatic nitrogens is 1. The van der Waals surface area contributed by atoms with E-state index in [1.54, 1.807) is 11.3 Å². The average molecular weight is 337 g/mol. The molecule has 6 heteroatoms. The van der Waals surface area contributed by atoms with Gasteiger partial charge in [0.2, 0.25) is 0 Å². The number of nitrogens with zero attached hydrogens (tertiary/aromatic N) is 3. The van der Waals surface area contributed by atoms with Crippen LogP contribution >= 0.6 is 11.3 Å². The number of thiazole rings is 1. The van der Waals surface area contributed by atoms with Crippen LogP contribution in [0.5, 0.6) is 0 Å². The summed E-state index contributed by atoms with van der Waals surface area (Å²) in [6.07, 6.45) is 5.62. The molecule has 0 bridgehead atoms. The van der Waals surface area contributed by atoms with Gasteiger partial charge in [0, 0.05) is 43.2 Å². The topological polar surface area (TPSA) is 37.8 Å². The van der Waals surface area contributed by atoms with E-state index >= 15 is 0 Å². The third-order valence-electron chi connectivity index (χ3n) is 5.59. The van der Waals surface area contributed by atoms with Gasteiger partial charge in [-0.25, -0.2) is 4.98 Å². The molecule has 4 heterocycles. The van der Waals surface area contributed by atoms with Gasteiger partial charge in [0.05, 0.1) is 19.8 Å². The van der Waals surface area contributed by atoms with Crippen molar-refractivity contribution >= 4 is 16.5 Å². The molecule has 3 fully saturated rings. The maximum atomic E-state index is 5.98. The van der Waals surface area contributed by atoms with E-state index in [0.29, 0.717) is 5.41 Å². The number of ether oxygens (including phenoxy) is 2. The van der Waals surface area contributed by atoms with E-state index < -0.39 is 0 Å². The van der Waals surface area contributed by atoms with Gasteiger partial charge in [-0.1, -0.05) is 0 Å². The highest BCUT2D eigenvalue weighted by atomic mass is 32.1. The van der Waals surface area contributed by atoms with Gasteiger partial charge in [0.25, 0.3) is 0 Å². The standard InChI is InChI=1S/C17H27N3O2S/c1-8-21-12-15(1)11-19-5-2-17(3-6-19)13-20(7-9-22-14-17)16-18-4-10-23-16/h4,10,15H,1-3,5-9,11-14H2. The fourth-order valence-electron chi connectivity index (χ4n) is 4.13. The van der Waals surface area contributed by atoms with Crippen molar-refractivity contribution in [2.75, 3.05) is 64.1 Å². The average Bonchev–Trinajstić information content (AvgIpc) is 3.23. The van der Waals surface area contributed by atoms with Crippen molar-refractivity contribution in [3.8, 4) is 0 Å². The zero-order valence-electron chi connectivity index (χ0n) is 13.8. The van der Waals surface area contributed by atoms with E-state index in [1.165, 1.54) is 38.9 Å². The van der Waals surface area contributed by atoms with Crippen molar-refractivity contribution in [3.63, 3.8) is 0 Å². The second-order valence-corrected chi connectivity index (χ2v) is 8.19. The van der Waals surface area contributed by atoms with Crippen LogP contribution in [0.25, 0.3) is 0 Å². The molecule has 128 valence electrons. The molecule has 1 atom stereocenters. The molecule has 0 aromatic carbocycles. The maximum absolute atomic E-state index is 5.98. The number of hydrogen-bond acceptors (Lipinski definition) is 6. The first-order valence-corrected chi connectivity index (χ1v) is 9.73. The molecule has 23 heavy (non-hydrogen) atoms. The summed E-state index contributed by atoms with van der Waals surface area (Å²) in [4.78, 5) is 9.59. The van der Waals surface area contributed by atoms with E-state index in [0.717, 1.165) is 50.6 Å². The van der Waals surface area contributed by atoms with Gasteiger partial charge < -0.3 is 19.3 Å². The van der Waals surface area contributed by atoms with Crippen LogP contribution in [-0.4, -0.2) is 69.0 Å². The smallest absolute Gasteiger partial charge is 0.185 e. The molecule has 3 saturated heterocycles. The van der Waals surface area contributed by atoms with Gasteiger partial charge in [-0.15, -0.1) is 11.3 Å². The minimum absolute atomic E-state index is 0.310. The lowest BCUT2D eigenvalue weighted by Crippen LogP contribution is -2.48. The Morgan fingerprint density at radius 3 is 2.87 bits per heavy atom. The van der Waals surface area contributed by atoms with Gasteiger partial charge in [-0.3, -0.25) is 0 Å². The molecule has 0 N–H and O–H groups in total. The van der Waals surface area contributed by atoms with E-state index in [2.05, 4.69) is 20.2 Å². The van der Waals surface area contributed by atoms with Crippen LogP contribution in [0.2, 0.25) is 0 Å². The zero-order chi connectivity index (χ0) is 15.5. The first kappa shape index (κ1) is 15.8. The van der Waals surface area contributed by atoms with E-state index in [9.17, 15) is 0 Å². The summed E-state index contributed by atoms with van der Waals surface area (Å²) in [5, 5.41) is 3.22. The van der Waals surface area contributed by atoms with Gasteiger partial charge in [0.1, 0.15) is 0 Å². The van der Waals surface area contributed by atoms with E-state index in [1.807, 2.05) is 6.20 Å². The van der Waals surface area contributed by atoms with E-state index in [4.69, 9.17) is 9.47 Å². The van der Waals surface area contributed by atoms with Crippen LogP contribution in [0, 0.1) is 11.3 Å². The molecule has 0 amide bonds. The van der Waals surface area contributed by atoms with Crippen molar-refractivity contribution in [1.82, 2.24) is 9.88 Å². The second-order valence-electron chi connectivity index (χ2n) is 7.32. The lowest BCUT2D eigenvalue weighted by Gasteiger charge is -2.43. The van der Waals surface area contributed by atoms with Crippen LogP contribution in [0.3, 0.4) is 0 Å². The molecule has 1 spiro atoms. The highest BCUT2D eigenvalue weighted by Gasteiger charge is 2.39. The molecule has 0 saturated carbocycles. The molecule has 0 aliphatic carbocycles. The minimum Gasteiger partial charge on any atom is -0.381 e. The van der Waals surface area contributed by atoms with Crippen LogP contribution in [0.1, 0.15) is 19.3 Å². The van der Waals surface area contributed by atoms with Crippen LogP contribution in [0.4, 0.5) is 5.13 Å².